The highest BCUT2D eigenvalue weighted by atomic mass is 16.7. The third-order valence-corrected chi connectivity index (χ3v) is 11.7. The van der Waals surface area contributed by atoms with Gasteiger partial charge in [0.15, 0.2) is 11.6 Å². The van der Waals surface area contributed by atoms with E-state index in [9.17, 15) is 5.11 Å². The molecule has 6 aliphatic rings. The average molecular weight is 469 g/mol. The van der Waals surface area contributed by atoms with Crippen LogP contribution in [0.25, 0.3) is 0 Å². The predicted molar refractivity (Wildman–Crippen MR) is 127 cm³/mol. The Morgan fingerprint density at radius 2 is 1.41 bits per heavy atom. The summed E-state index contributed by atoms with van der Waals surface area (Å²) >= 11 is 0. The molecule has 2 spiro atoms. The summed E-state index contributed by atoms with van der Waals surface area (Å²) in [6, 6.07) is 10.8. The maximum Gasteiger partial charge on any atom is 0.174 e. The van der Waals surface area contributed by atoms with E-state index in [2.05, 4.69) is 44.2 Å². The van der Waals surface area contributed by atoms with Crippen molar-refractivity contribution in [3.05, 3.63) is 35.9 Å². The van der Waals surface area contributed by atoms with E-state index in [1.165, 1.54) is 12.0 Å². The molecule has 0 unspecified atom stereocenters. The van der Waals surface area contributed by atoms with Crippen molar-refractivity contribution >= 4 is 0 Å². The monoisotopic (exact) mass is 468 g/mol. The average Bonchev–Trinajstić information content (AvgIpc) is 3.57. The third kappa shape index (κ3) is 2.69. The largest absolute Gasteiger partial charge is 0.388 e. The van der Waals surface area contributed by atoms with E-state index in [1.807, 2.05) is 0 Å². The first-order chi connectivity index (χ1) is 16.4. The van der Waals surface area contributed by atoms with Gasteiger partial charge >= 0.3 is 0 Å². The Morgan fingerprint density at radius 3 is 2.15 bits per heavy atom. The fourth-order valence-electron chi connectivity index (χ4n) is 10.00. The molecule has 186 valence electrons. The molecule has 7 rings (SSSR count). The highest BCUT2D eigenvalue weighted by Crippen LogP contribution is 2.73. The molecule has 1 aromatic carbocycles. The van der Waals surface area contributed by atoms with Crippen molar-refractivity contribution in [1.29, 1.82) is 0 Å². The van der Waals surface area contributed by atoms with Crippen molar-refractivity contribution < 1.29 is 24.1 Å². The maximum atomic E-state index is 12.8. The Balaban J connectivity index is 1.31. The van der Waals surface area contributed by atoms with Crippen molar-refractivity contribution in [3.63, 3.8) is 0 Å². The fraction of sp³-hybridized carbons (Fsp3) is 0.793. The Hall–Kier alpha value is -0.980. The normalized spacial score (nSPS) is 48.6. The van der Waals surface area contributed by atoms with Gasteiger partial charge in [-0.05, 0) is 55.4 Å². The van der Waals surface area contributed by atoms with Crippen LogP contribution in [0.2, 0.25) is 0 Å². The number of aliphatic hydroxyl groups is 1. The molecule has 2 heterocycles. The van der Waals surface area contributed by atoms with E-state index in [4.69, 9.17) is 18.9 Å². The van der Waals surface area contributed by atoms with Gasteiger partial charge in [0.2, 0.25) is 0 Å². The van der Waals surface area contributed by atoms with Gasteiger partial charge in [-0.2, -0.15) is 0 Å². The lowest BCUT2D eigenvalue weighted by Crippen LogP contribution is -2.68. The van der Waals surface area contributed by atoms with Gasteiger partial charge in [-0.15, -0.1) is 0 Å². The van der Waals surface area contributed by atoms with Crippen LogP contribution in [0.4, 0.5) is 0 Å². The molecule has 0 radical (unpaired) electrons. The molecular formula is C29H40O5. The molecule has 6 fully saturated rings. The predicted octanol–water partition coefficient (Wildman–Crippen LogP) is 5.02. The first-order valence-corrected chi connectivity index (χ1v) is 13.7. The highest BCUT2D eigenvalue weighted by molar-refractivity contribution is 5.30. The Labute approximate surface area is 203 Å². The summed E-state index contributed by atoms with van der Waals surface area (Å²) in [7, 11) is 0. The second-order valence-corrected chi connectivity index (χ2v) is 12.6. The van der Waals surface area contributed by atoms with E-state index in [-0.39, 0.29) is 22.5 Å². The van der Waals surface area contributed by atoms with Gasteiger partial charge in [-0.25, -0.2) is 0 Å². The first-order valence-electron chi connectivity index (χ1n) is 13.7. The van der Waals surface area contributed by atoms with Gasteiger partial charge in [-0.1, -0.05) is 44.2 Å². The van der Waals surface area contributed by atoms with Gasteiger partial charge in [0.1, 0.15) is 0 Å². The van der Waals surface area contributed by atoms with Gasteiger partial charge < -0.3 is 24.1 Å². The van der Waals surface area contributed by atoms with Crippen LogP contribution in [0.1, 0.15) is 76.7 Å². The minimum atomic E-state index is -0.845. The molecule has 1 N–H and O–H groups in total. The zero-order valence-electron chi connectivity index (χ0n) is 20.8. The van der Waals surface area contributed by atoms with Crippen LogP contribution in [0.15, 0.2) is 30.3 Å². The summed E-state index contributed by atoms with van der Waals surface area (Å²) in [6.45, 7) is 7.57. The molecule has 2 saturated heterocycles. The lowest BCUT2D eigenvalue weighted by atomic mass is 9.40. The molecule has 7 atom stereocenters. The van der Waals surface area contributed by atoms with E-state index in [0.29, 0.717) is 37.4 Å². The van der Waals surface area contributed by atoms with Crippen molar-refractivity contribution in [3.8, 4) is 0 Å². The van der Waals surface area contributed by atoms with Crippen molar-refractivity contribution in [1.82, 2.24) is 0 Å². The number of hydrogen-bond acceptors (Lipinski definition) is 5. The van der Waals surface area contributed by atoms with E-state index in [1.54, 1.807) is 0 Å². The molecule has 4 saturated carbocycles. The molecule has 5 heteroatoms. The van der Waals surface area contributed by atoms with Crippen LogP contribution in [0.3, 0.4) is 0 Å². The van der Waals surface area contributed by atoms with Crippen molar-refractivity contribution in [2.75, 3.05) is 26.4 Å². The van der Waals surface area contributed by atoms with Crippen molar-refractivity contribution in [2.45, 2.75) is 88.3 Å². The zero-order chi connectivity index (χ0) is 23.2. The molecule has 0 aromatic heterocycles. The second-order valence-electron chi connectivity index (χ2n) is 12.6. The summed E-state index contributed by atoms with van der Waals surface area (Å²) in [6.07, 6.45) is 7.89. The molecule has 34 heavy (non-hydrogen) atoms. The Kier molecular flexibility index (Phi) is 4.77. The quantitative estimate of drug-likeness (QED) is 0.627. The van der Waals surface area contributed by atoms with Crippen LogP contribution in [-0.2, 0) is 18.9 Å². The molecule has 5 nitrogen and oxygen atoms in total. The minimum absolute atomic E-state index is 0.0608. The van der Waals surface area contributed by atoms with E-state index < -0.39 is 11.4 Å². The van der Waals surface area contributed by atoms with Gasteiger partial charge in [0.25, 0.3) is 0 Å². The van der Waals surface area contributed by atoms with Crippen LogP contribution in [-0.4, -0.2) is 48.7 Å². The molecule has 2 aliphatic heterocycles. The minimum Gasteiger partial charge on any atom is -0.388 e. The zero-order valence-corrected chi connectivity index (χ0v) is 20.8. The summed E-state index contributed by atoms with van der Waals surface area (Å²) in [4.78, 5) is 0. The smallest absolute Gasteiger partial charge is 0.174 e. The number of hydrogen-bond donors (Lipinski definition) is 1. The van der Waals surface area contributed by atoms with Gasteiger partial charge in [0.05, 0.1) is 32.0 Å². The van der Waals surface area contributed by atoms with Crippen LogP contribution in [0.5, 0.6) is 0 Å². The van der Waals surface area contributed by atoms with Crippen molar-refractivity contribution in [2.24, 2.45) is 28.6 Å². The Morgan fingerprint density at radius 1 is 0.765 bits per heavy atom. The fourth-order valence-corrected chi connectivity index (χ4v) is 10.00. The molecular weight excluding hydrogens is 428 g/mol. The second kappa shape index (κ2) is 7.29. The summed E-state index contributed by atoms with van der Waals surface area (Å²) in [5.41, 5.74) is 0.317. The lowest BCUT2D eigenvalue weighted by Gasteiger charge is -2.67. The van der Waals surface area contributed by atoms with Gasteiger partial charge in [-0.3, -0.25) is 0 Å². The first kappa shape index (κ1) is 22.2. The molecule has 1 aromatic rings. The SMILES string of the molecule is C[C@]12CC[C@H]3[C@@H](C[C@@H](c4ccccc4)[C@@]4(O)CC5(CC[C@]34C)OCCO5)[C@@H]1CCC21OCCO1. The summed E-state index contributed by atoms with van der Waals surface area (Å²) < 4.78 is 25.1. The summed E-state index contributed by atoms with van der Waals surface area (Å²) in [5.74, 6) is 0.731. The maximum absolute atomic E-state index is 12.8. The molecule has 4 aliphatic carbocycles. The standard InChI is InChI=1S/C29H40O5/c1-25-12-13-27(31-14-15-32-27)19-28(25,30)24(20-6-4-3-5-7-20)18-21-22(25)8-10-26(2)23(21)9-11-29(26)33-16-17-34-29/h3-7,21-24,30H,8-19H2,1-2H3/t21-,22+,23+,24+,25-,26+,28+/m1/s1. The number of ether oxygens (including phenoxy) is 4. The third-order valence-electron chi connectivity index (χ3n) is 11.7. The number of benzene rings is 1. The highest BCUT2D eigenvalue weighted by Gasteiger charge is 2.72. The van der Waals surface area contributed by atoms with E-state index in [0.717, 1.165) is 51.7 Å². The topological polar surface area (TPSA) is 57.2 Å². The molecule has 0 bridgehead atoms. The van der Waals surface area contributed by atoms with Gasteiger partial charge in [0, 0.05) is 36.0 Å². The summed E-state index contributed by atoms with van der Waals surface area (Å²) in [5, 5.41) is 12.8. The lowest BCUT2D eigenvalue weighted by molar-refractivity contribution is -0.300. The van der Waals surface area contributed by atoms with Crippen LogP contribution >= 0.6 is 0 Å². The number of fused-ring (bicyclic) bond motifs is 6. The number of rotatable bonds is 1. The Bertz CT molecular complexity index is 937. The van der Waals surface area contributed by atoms with Crippen LogP contribution in [0, 0.1) is 28.6 Å². The molecule has 0 amide bonds. The van der Waals surface area contributed by atoms with Crippen LogP contribution < -0.4 is 0 Å². The van der Waals surface area contributed by atoms with E-state index >= 15 is 0 Å².